The maximum Gasteiger partial charge on any atom is 0.337 e. The molecule has 2 aromatic carbocycles. The summed E-state index contributed by atoms with van der Waals surface area (Å²) in [5.74, 6) is -1.32. The van der Waals surface area contributed by atoms with Crippen molar-refractivity contribution in [2.45, 2.75) is 11.8 Å². The predicted molar refractivity (Wildman–Crippen MR) is 107 cm³/mol. The molecule has 0 saturated heterocycles. The number of benzene rings is 2. The molecule has 0 unspecified atom stereocenters. The fraction of sp³-hybridized carbons (Fsp3) is 0.211. The Bertz CT molecular complexity index is 1000. The zero-order chi connectivity index (χ0) is 21.6. The van der Waals surface area contributed by atoms with Crippen molar-refractivity contribution in [1.82, 2.24) is 4.31 Å². The molecule has 2 rings (SSSR count). The summed E-state index contributed by atoms with van der Waals surface area (Å²) in [6, 6.07) is 11.6. The summed E-state index contributed by atoms with van der Waals surface area (Å²) in [7, 11) is -1.34. The van der Waals surface area contributed by atoms with Gasteiger partial charge in [-0.15, -0.1) is 0 Å². The Kier molecular flexibility index (Phi) is 7.08. The highest BCUT2D eigenvalue weighted by Crippen LogP contribution is 2.18. The maximum atomic E-state index is 12.6. The normalized spacial score (nSPS) is 11.0. The van der Waals surface area contributed by atoms with E-state index in [1.807, 2.05) is 0 Å². The number of amides is 2. The Morgan fingerprint density at radius 1 is 0.931 bits per heavy atom. The van der Waals surface area contributed by atoms with Crippen molar-refractivity contribution in [2.24, 2.45) is 0 Å². The highest BCUT2D eigenvalue weighted by molar-refractivity contribution is 7.89. The third kappa shape index (κ3) is 5.87. The molecule has 10 heteroatoms. The Hall–Kier alpha value is -3.24. The smallest absolute Gasteiger partial charge is 0.337 e. The molecule has 0 saturated carbocycles. The van der Waals surface area contributed by atoms with E-state index in [-0.39, 0.29) is 10.8 Å². The van der Waals surface area contributed by atoms with E-state index in [1.165, 1.54) is 69.6 Å². The van der Waals surface area contributed by atoms with Crippen molar-refractivity contribution in [3.05, 3.63) is 54.1 Å². The number of ether oxygens (including phenoxy) is 1. The number of esters is 1. The van der Waals surface area contributed by atoms with Crippen LogP contribution in [0.5, 0.6) is 0 Å². The number of likely N-dealkylation sites (N-methyl/N-ethyl adjacent to an activating group) is 1. The number of carbonyl (C=O) groups excluding carboxylic acids is 3. The van der Waals surface area contributed by atoms with Crippen LogP contribution in [0, 0.1) is 0 Å². The van der Waals surface area contributed by atoms with Gasteiger partial charge in [0.05, 0.1) is 24.1 Å². The van der Waals surface area contributed by atoms with Crippen LogP contribution in [0.15, 0.2) is 53.4 Å². The number of sulfonamides is 1. The lowest BCUT2D eigenvalue weighted by molar-refractivity contribution is -0.116. The number of hydrogen-bond acceptors (Lipinski definition) is 6. The third-order valence-electron chi connectivity index (χ3n) is 3.84. The molecule has 9 nitrogen and oxygen atoms in total. The van der Waals surface area contributed by atoms with Crippen molar-refractivity contribution in [3.8, 4) is 0 Å². The number of carbonyl (C=O) groups is 3. The first-order chi connectivity index (χ1) is 13.6. The molecule has 0 radical (unpaired) electrons. The summed E-state index contributed by atoms with van der Waals surface area (Å²) in [5, 5.41) is 5.11. The van der Waals surface area contributed by atoms with Gasteiger partial charge in [0.15, 0.2) is 0 Å². The van der Waals surface area contributed by atoms with Gasteiger partial charge in [-0.3, -0.25) is 9.59 Å². The quantitative estimate of drug-likeness (QED) is 0.659. The minimum atomic E-state index is -3.89. The van der Waals surface area contributed by atoms with E-state index in [0.717, 1.165) is 4.31 Å². The first kappa shape index (κ1) is 22.1. The van der Waals surface area contributed by atoms with Crippen LogP contribution in [0.4, 0.5) is 11.4 Å². The fourth-order valence-electron chi connectivity index (χ4n) is 2.39. The van der Waals surface area contributed by atoms with E-state index in [4.69, 9.17) is 0 Å². The average molecular weight is 419 g/mol. The number of rotatable bonds is 7. The van der Waals surface area contributed by atoms with E-state index >= 15 is 0 Å². The van der Waals surface area contributed by atoms with Gasteiger partial charge < -0.3 is 15.4 Å². The number of hydrogen-bond donors (Lipinski definition) is 2. The zero-order valence-electron chi connectivity index (χ0n) is 16.1. The highest BCUT2D eigenvalue weighted by atomic mass is 32.2. The molecule has 0 aliphatic carbocycles. The molecule has 0 atom stereocenters. The lowest BCUT2D eigenvalue weighted by Gasteiger charge is -2.17. The van der Waals surface area contributed by atoms with Gasteiger partial charge in [0, 0.05) is 25.3 Å². The Morgan fingerprint density at radius 2 is 1.45 bits per heavy atom. The van der Waals surface area contributed by atoms with Crippen molar-refractivity contribution >= 4 is 39.2 Å². The van der Waals surface area contributed by atoms with Gasteiger partial charge in [0.25, 0.3) is 0 Å². The first-order valence-electron chi connectivity index (χ1n) is 8.45. The molecule has 0 fully saturated rings. The fourth-order valence-corrected chi connectivity index (χ4v) is 3.52. The topological polar surface area (TPSA) is 122 Å². The third-order valence-corrected chi connectivity index (χ3v) is 5.66. The highest BCUT2D eigenvalue weighted by Gasteiger charge is 2.23. The van der Waals surface area contributed by atoms with Gasteiger partial charge in [0.2, 0.25) is 21.8 Å². The summed E-state index contributed by atoms with van der Waals surface area (Å²) < 4.78 is 30.7. The lowest BCUT2D eigenvalue weighted by atomic mass is 10.2. The second-order valence-corrected chi connectivity index (χ2v) is 8.13. The van der Waals surface area contributed by atoms with E-state index in [1.54, 1.807) is 0 Å². The van der Waals surface area contributed by atoms with Crippen molar-refractivity contribution in [3.63, 3.8) is 0 Å². The summed E-state index contributed by atoms with van der Waals surface area (Å²) in [6.07, 6.45) is 0. The molecule has 0 heterocycles. The summed E-state index contributed by atoms with van der Waals surface area (Å²) in [5.41, 5.74) is 1.20. The lowest BCUT2D eigenvalue weighted by Crippen LogP contribution is -2.35. The van der Waals surface area contributed by atoms with Crippen LogP contribution in [0.2, 0.25) is 0 Å². The van der Waals surface area contributed by atoms with Crippen molar-refractivity contribution in [2.75, 3.05) is 31.3 Å². The van der Waals surface area contributed by atoms with Crippen LogP contribution in [0.1, 0.15) is 17.3 Å². The Balaban J connectivity index is 2.02. The number of nitrogens with one attached hydrogen (secondary N) is 2. The van der Waals surface area contributed by atoms with Crippen LogP contribution in [-0.2, 0) is 24.3 Å². The van der Waals surface area contributed by atoms with Crippen molar-refractivity contribution in [1.29, 1.82) is 0 Å². The standard InChI is InChI=1S/C19H21N3O6S/c1-13(23)20-15-8-10-17(11-9-15)29(26,27)22(2)12-18(24)21-16-6-4-14(5-7-16)19(25)28-3/h4-11H,12H2,1-3H3,(H,20,23)(H,21,24). The molecule has 0 aliphatic heterocycles. The van der Waals surface area contributed by atoms with Crippen LogP contribution in [0.25, 0.3) is 0 Å². The second-order valence-electron chi connectivity index (χ2n) is 6.08. The predicted octanol–water partition coefficient (Wildman–Crippen LogP) is 1.69. The molecule has 2 N–H and O–H groups in total. The van der Waals surface area contributed by atoms with E-state index in [0.29, 0.717) is 16.9 Å². The number of nitrogens with zero attached hydrogens (tertiary/aromatic N) is 1. The van der Waals surface area contributed by atoms with Gasteiger partial charge in [-0.1, -0.05) is 0 Å². The molecule has 0 aromatic heterocycles. The minimum absolute atomic E-state index is 0.00988. The Labute approximate surface area is 168 Å². The van der Waals surface area contributed by atoms with Crippen LogP contribution in [-0.4, -0.2) is 51.2 Å². The summed E-state index contributed by atoms with van der Waals surface area (Å²) in [6.45, 7) is 0.939. The molecular weight excluding hydrogens is 398 g/mol. The monoisotopic (exact) mass is 419 g/mol. The van der Waals surface area contributed by atoms with E-state index in [9.17, 15) is 22.8 Å². The molecule has 154 valence electrons. The first-order valence-corrected chi connectivity index (χ1v) is 9.89. The van der Waals surface area contributed by atoms with Gasteiger partial charge in [0.1, 0.15) is 0 Å². The largest absolute Gasteiger partial charge is 0.465 e. The van der Waals surface area contributed by atoms with Gasteiger partial charge >= 0.3 is 5.97 Å². The van der Waals surface area contributed by atoms with Crippen LogP contribution >= 0.6 is 0 Å². The van der Waals surface area contributed by atoms with Gasteiger partial charge in [-0.05, 0) is 48.5 Å². The zero-order valence-corrected chi connectivity index (χ0v) is 16.9. The second kappa shape index (κ2) is 9.30. The molecule has 0 aliphatic rings. The van der Waals surface area contributed by atoms with Crippen LogP contribution < -0.4 is 10.6 Å². The average Bonchev–Trinajstić information content (AvgIpc) is 2.67. The minimum Gasteiger partial charge on any atom is -0.465 e. The SMILES string of the molecule is COC(=O)c1ccc(NC(=O)CN(C)S(=O)(=O)c2ccc(NC(C)=O)cc2)cc1. The van der Waals surface area contributed by atoms with Gasteiger partial charge in [-0.2, -0.15) is 4.31 Å². The summed E-state index contributed by atoms with van der Waals surface area (Å²) in [4.78, 5) is 34.6. The molecule has 0 spiro atoms. The van der Waals surface area contributed by atoms with Crippen LogP contribution in [0.3, 0.4) is 0 Å². The Morgan fingerprint density at radius 3 is 1.97 bits per heavy atom. The van der Waals surface area contributed by atoms with E-state index in [2.05, 4.69) is 15.4 Å². The molecular formula is C19H21N3O6S. The molecule has 29 heavy (non-hydrogen) atoms. The number of methoxy groups -OCH3 is 1. The van der Waals surface area contributed by atoms with E-state index < -0.39 is 28.4 Å². The number of anilines is 2. The van der Waals surface area contributed by atoms with Gasteiger partial charge in [-0.25, -0.2) is 13.2 Å². The molecule has 0 bridgehead atoms. The molecule has 2 amide bonds. The maximum absolute atomic E-state index is 12.6. The molecule has 2 aromatic rings. The van der Waals surface area contributed by atoms with Crippen molar-refractivity contribution < 1.29 is 27.5 Å². The summed E-state index contributed by atoms with van der Waals surface area (Å²) >= 11 is 0.